The topological polar surface area (TPSA) is 33.3 Å². The van der Waals surface area contributed by atoms with Gasteiger partial charge in [0.2, 0.25) is 0 Å². The minimum atomic E-state index is 0.713. The van der Waals surface area contributed by atoms with Crippen molar-refractivity contribution >= 4 is 0 Å². The van der Waals surface area contributed by atoms with E-state index in [0.29, 0.717) is 6.04 Å². The molecule has 0 aromatic heterocycles. The lowest BCUT2D eigenvalue weighted by Gasteiger charge is -2.30. The molecule has 82 valence electrons. The summed E-state index contributed by atoms with van der Waals surface area (Å²) in [6, 6.07) is 0.713. The number of rotatable bonds is 3. The van der Waals surface area contributed by atoms with Crippen molar-refractivity contribution in [1.29, 1.82) is 0 Å². The summed E-state index contributed by atoms with van der Waals surface area (Å²) in [5.41, 5.74) is 0. The van der Waals surface area contributed by atoms with E-state index in [1.165, 1.54) is 25.9 Å². The Bertz CT molecular complexity index is 169. The Kier molecular flexibility index (Phi) is 3.79. The molecule has 2 unspecified atom stereocenters. The fraction of sp³-hybridized carbons (Fsp3) is 1.00. The van der Waals surface area contributed by atoms with Crippen molar-refractivity contribution in [1.82, 2.24) is 10.6 Å². The Labute approximate surface area is 86.6 Å². The third-order valence-electron chi connectivity index (χ3n) is 3.55. The van der Waals surface area contributed by atoms with Crippen LogP contribution < -0.4 is 10.6 Å². The first kappa shape index (κ1) is 10.4. The van der Waals surface area contributed by atoms with Gasteiger partial charge in [0, 0.05) is 25.8 Å². The Morgan fingerprint density at radius 1 is 1.43 bits per heavy atom. The van der Waals surface area contributed by atoms with Crippen LogP contribution in [0, 0.1) is 11.8 Å². The summed E-state index contributed by atoms with van der Waals surface area (Å²) in [6.45, 7) is 7.72. The Morgan fingerprint density at radius 3 is 3.07 bits per heavy atom. The van der Waals surface area contributed by atoms with Gasteiger partial charge in [-0.05, 0) is 37.8 Å². The zero-order chi connectivity index (χ0) is 9.80. The molecule has 0 saturated carbocycles. The van der Waals surface area contributed by atoms with E-state index < -0.39 is 0 Å². The second-order valence-electron chi connectivity index (χ2n) is 4.70. The zero-order valence-electron chi connectivity index (χ0n) is 9.09. The summed E-state index contributed by atoms with van der Waals surface area (Å²) in [6.07, 6.45) is 2.52. The highest BCUT2D eigenvalue weighted by Crippen LogP contribution is 2.20. The average molecular weight is 198 g/mol. The van der Waals surface area contributed by atoms with Crippen LogP contribution >= 0.6 is 0 Å². The fourth-order valence-corrected chi connectivity index (χ4v) is 2.37. The van der Waals surface area contributed by atoms with Crippen molar-refractivity contribution < 1.29 is 4.74 Å². The highest BCUT2D eigenvalue weighted by atomic mass is 16.5. The number of ether oxygens (including phenoxy) is 1. The molecule has 2 aliphatic heterocycles. The fourth-order valence-electron chi connectivity index (χ4n) is 2.37. The lowest BCUT2D eigenvalue weighted by Crippen LogP contribution is -2.39. The molecule has 14 heavy (non-hydrogen) atoms. The van der Waals surface area contributed by atoms with Crippen LogP contribution in [0.5, 0.6) is 0 Å². The summed E-state index contributed by atoms with van der Waals surface area (Å²) in [5, 5.41) is 7.05. The van der Waals surface area contributed by atoms with Crippen LogP contribution in [0.1, 0.15) is 19.8 Å². The van der Waals surface area contributed by atoms with E-state index in [9.17, 15) is 0 Å². The van der Waals surface area contributed by atoms with Gasteiger partial charge in [0.05, 0.1) is 0 Å². The van der Waals surface area contributed by atoms with Gasteiger partial charge in [-0.2, -0.15) is 0 Å². The molecular formula is C11H22N2O. The molecule has 0 aromatic rings. The first-order valence-electron chi connectivity index (χ1n) is 5.88. The minimum absolute atomic E-state index is 0.713. The second kappa shape index (κ2) is 5.10. The van der Waals surface area contributed by atoms with E-state index in [2.05, 4.69) is 17.6 Å². The number of nitrogens with one attached hydrogen (secondary N) is 2. The maximum absolute atomic E-state index is 5.44. The van der Waals surface area contributed by atoms with E-state index in [1.807, 2.05) is 0 Å². The van der Waals surface area contributed by atoms with Crippen molar-refractivity contribution in [2.75, 3.05) is 32.8 Å². The van der Waals surface area contributed by atoms with Gasteiger partial charge in [0.15, 0.2) is 0 Å². The van der Waals surface area contributed by atoms with Gasteiger partial charge in [-0.3, -0.25) is 0 Å². The highest BCUT2D eigenvalue weighted by molar-refractivity contribution is 4.80. The maximum atomic E-state index is 5.44. The summed E-state index contributed by atoms with van der Waals surface area (Å²) in [4.78, 5) is 0. The molecule has 2 N–H and O–H groups in total. The predicted molar refractivity (Wildman–Crippen MR) is 57.4 cm³/mol. The molecule has 0 aliphatic carbocycles. The molecule has 2 fully saturated rings. The summed E-state index contributed by atoms with van der Waals surface area (Å²) >= 11 is 0. The standard InChI is InChI=1S/C11H22N2O/c1-9-8-14-5-3-10(9)6-13-11-2-4-12-7-11/h9-13H,2-8H2,1H3/t9?,10?,11-/m0/s1. The zero-order valence-corrected chi connectivity index (χ0v) is 9.09. The first-order chi connectivity index (χ1) is 6.86. The molecule has 3 heteroatoms. The van der Waals surface area contributed by atoms with Crippen molar-refractivity contribution in [2.45, 2.75) is 25.8 Å². The van der Waals surface area contributed by atoms with E-state index in [0.717, 1.165) is 31.6 Å². The van der Waals surface area contributed by atoms with Gasteiger partial charge in [-0.25, -0.2) is 0 Å². The molecule has 0 aromatic carbocycles. The molecule has 0 bridgehead atoms. The summed E-state index contributed by atoms with van der Waals surface area (Å²) in [7, 11) is 0. The maximum Gasteiger partial charge on any atom is 0.0494 e. The molecule has 3 atom stereocenters. The highest BCUT2D eigenvalue weighted by Gasteiger charge is 2.23. The van der Waals surface area contributed by atoms with E-state index in [-0.39, 0.29) is 0 Å². The molecule has 2 heterocycles. The second-order valence-corrected chi connectivity index (χ2v) is 4.70. The summed E-state index contributed by atoms with van der Waals surface area (Å²) in [5.74, 6) is 1.55. The lowest BCUT2D eigenvalue weighted by molar-refractivity contribution is 0.0238. The van der Waals surface area contributed by atoms with Crippen LogP contribution in [0.3, 0.4) is 0 Å². The Morgan fingerprint density at radius 2 is 2.36 bits per heavy atom. The first-order valence-corrected chi connectivity index (χ1v) is 5.88. The van der Waals surface area contributed by atoms with Gasteiger partial charge < -0.3 is 15.4 Å². The molecule has 0 radical (unpaired) electrons. The number of hydrogen-bond donors (Lipinski definition) is 2. The smallest absolute Gasteiger partial charge is 0.0494 e. The molecule has 2 aliphatic rings. The Hall–Kier alpha value is -0.120. The number of hydrogen-bond acceptors (Lipinski definition) is 3. The van der Waals surface area contributed by atoms with Gasteiger partial charge in [0.1, 0.15) is 0 Å². The van der Waals surface area contributed by atoms with Crippen molar-refractivity contribution in [2.24, 2.45) is 11.8 Å². The lowest BCUT2D eigenvalue weighted by atomic mass is 9.90. The molecule has 2 saturated heterocycles. The Balaban J connectivity index is 1.67. The van der Waals surface area contributed by atoms with Crippen LogP contribution in [0.25, 0.3) is 0 Å². The predicted octanol–water partition coefficient (Wildman–Crippen LogP) is 0.611. The molecule has 3 nitrogen and oxygen atoms in total. The third kappa shape index (κ3) is 2.69. The average Bonchev–Trinajstić information content (AvgIpc) is 2.69. The van der Waals surface area contributed by atoms with Crippen LogP contribution in [-0.2, 0) is 4.74 Å². The van der Waals surface area contributed by atoms with Crippen LogP contribution in [0.15, 0.2) is 0 Å². The van der Waals surface area contributed by atoms with E-state index in [4.69, 9.17) is 4.74 Å². The van der Waals surface area contributed by atoms with Gasteiger partial charge >= 0.3 is 0 Å². The molecule has 0 spiro atoms. The quantitative estimate of drug-likeness (QED) is 0.697. The normalized spacial score (nSPS) is 38.8. The minimum Gasteiger partial charge on any atom is -0.381 e. The van der Waals surface area contributed by atoms with Gasteiger partial charge in [-0.15, -0.1) is 0 Å². The molecular weight excluding hydrogens is 176 g/mol. The van der Waals surface area contributed by atoms with Crippen molar-refractivity contribution in [3.05, 3.63) is 0 Å². The molecule has 2 rings (SSSR count). The van der Waals surface area contributed by atoms with Crippen molar-refractivity contribution in [3.8, 4) is 0 Å². The van der Waals surface area contributed by atoms with Crippen LogP contribution in [0.4, 0.5) is 0 Å². The summed E-state index contributed by atoms with van der Waals surface area (Å²) < 4.78 is 5.44. The van der Waals surface area contributed by atoms with Crippen molar-refractivity contribution in [3.63, 3.8) is 0 Å². The molecule has 0 amide bonds. The SMILES string of the molecule is CC1COCCC1CN[C@H]1CCNC1. The third-order valence-corrected chi connectivity index (χ3v) is 3.55. The van der Waals surface area contributed by atoms with Gasteiger partial charge in [0.25, 0.3) is 0 Å². The van der Waals surface area contributed by atoms with Gasteiger partial charge in [-0.1, -0.05) is 6.92 Å². The van der Waals surface area contributed by atoms with E-state index >= 15 is 0 Å². The largest absolute Gasteiger partial charge is 0.381 e. The monoisotopic (exact) mass is 198 g/mol. The van der Waals surface area contributed by atoms with Crippen LogP contribution in [-0.4, -0.2) is 38.9 Å². The van der Waals surface area contributed by atoms with E-state index in [1.54, 1.807) is 0 Å². The van der Waals surface area contributed by atoms with Crippen LogP contribution in [0.2, 0.25) is 0 Å².